The first-order valence-corrected chi connectivity index (χ1v) is 4.81. The van der Waals surface area contributed by atoms with E-state index in [1.54, 1.807) is 6.92 Å². The first kappa shape index (κ1) is 10.3. The predicted molar refractivity (Wildman–Crippen MR) is 52.0 cm³/mol. The minimum absolute atomic E-state index is 0.0959. The number of allylic oxidation sites excluding steroid dienone is 2. The molecule has 4 nitrogen and oxygen atoms in total. The van der Waals surface area contributed by atoms with Crippen molar-refractivity contribution >= 4 is 11.6 Å². The van der Waals surface area contributed by atoms with Gasteiger partial charge in [-0.15, -0.1) is 0 Å². The molecule has 0 fully saturated rings. The highest BCUT2D eigenvalue weighted by Gasteiger charge is 2.39. The Kier molecular flexibility index (Phi) is 2.13. The van der Waals surface area contributed by atoms with Gasteiger partial charge in [0.15, 0.2) is 11.6 Å². The maximum absolute atomic E-state index is 11.5. The Morgan fingerprint density at radius 1 is 1.33 bits per heavy atom. The molecule has 2 N–H and O–H groups in total. The first-order valence-electron chi connectivity index (χ1n) is 4.81. The first-order chi connectivity index (χ1) is 6.91. The Hall–Kier alpha value is -1.26. The minimum Gasteiger partial charge on any atom is -0.390 e. The lowest BCUT2D eigenvalue weighted by molar-refractivity contribution is -0.118. The van der Waals surface area contributed by atoms with Crippen LogP contribution in [0.25, 0.3) is 0 Å². The molecule has 0 aromatic heterocycles. The van der Waals surface area contributed by atoms with Gasteiger partial charge in [0.05, 0.1) is 11.7 Å². The van der Waals surface area contributed by atoms with Gasteiger partial charge in [0.2, 0.25) is 0 Å². The fourth-order valence-electron chi connectivity index (χ4n) is 2.14. The van der Waals surface area contributed by atoms with Gasteiger partial charge in [-0.1, -0.05) is 0 Å². The molecule has 0 bridgehead atoms. The standard InChI is InChI=1S/C11H12O4/c1-11(15)4-6-7(12)2-3-8(13)10(6)9(14)5-11/h2-3,9,14-15H,4-5H2,1H3/t9-,11+/m0/s1. The zero-order valence-corrected chi connectivity index (χ0v) is 8.36. The number of carbonyl (C=O) groups is 2. The van der Waals surface area contributed by atoms with Gasteiger partial charge in [-0.2, -0.15) is 0 Å². The molecule has 80 valence electrons. The molecule has 0 aromatic carbocycles. The maximum atomic E-state index is 11.5. The predicted octanol–water partition coefficient (Wildman–Crippen LogP) is -0.103. The second-order valence-corrected chi connectivity index (χ2v) is 4.35. The van der Waals surface area contributed by atoms with E-state index in [1.165, 1.54) is 12.2 Å². The molecule has 0 amide bonds. The molecule has 2 aliphatic carbocycles. The van der Waals surface area contributed by atoms with Crippen molar-refractivity contribution in [1.82, 2.24) is 0 Å². The van der Waals surface area contributed by atoms with Crippen LogP contribution in [0.15, 0.2) is 23.3 Å². The number of aliphatic hydroxyl groups is 2. The Bertz CT molecular complexity index is 401. The molecule has 0 radical (unpaired) electrons. The van der Waals surface area contributed by atoms with E-state index in [0.717, 1.165) is 0 Å². The highest BCUT2D eigenvalue weighted by molar-refractivity contribution is 6.20. The molecule has 0 saturated carbocycles. The number of aliphatic hydroxyl groups excluding tert-OH is 1. The summed E-state index contributed by atoms with van der Waals surface area (Å²) in [7, 11) is 0. The Morgan fingerprint density at radius 3 is 2.60 bits per heavy atom. The quantitative estimate of drug-likeness (QED) is 0.545. The number of hydrogen-bond acceptors (Lipinski definition) is 4. The minimum atomic E-state index is -1.11. The monoisotopic (exact) mass is 208 g/mol. The number of carbonyl (C=O) groups excluding carboxylic acids is 2. The summed E-state index contributed by atoms with van der Waals surface area (Å²) in [5.41, 5.74) is -0.695. The average Bonchev–Trinajstić information content (AvgIpc) is 2.09. The summed E-state index contributed by atoms with van der Waals surface area (Å²) in [6.45, 7) is 1.55. The van der Waals surface area contributed by atoms with Gasteiger partial charge in [0.25, 0.3) is 0 Å². The molecule has 15 heavy (non-hydrogen) atoms. The summed E-state index contributed by atoms with van der Waals surface area (Å²) in [5, 5.41) is 19.5. The number of hydrogen-bond donors (Lipinski definition) is 2. The largest absolute Gasteiger partial charge is 0.390 e. The van der Waals surface area contributed by atoms with E-state index in [2.05, 4.69) is 0 Å². The average molecular weight is 208 g/mol. The van der Waals surface area contributed by atoms with Crippen LogP contribution in [0, 0.1) is 0 Å². The summed E-state index contributed by atoms with van der Waals surface area (Å²) in [6.07, 6.45) is 1.55. The summed E-state index contributed by atoms with van der Waals surface area (Å²) in [6, 6.07) is 0. The molecule has 0 spiro atoms. The van der Waals surface area contributed by atoms with Crippen LogP contribution in [0.5, 0.6) is 0 Å². The molecule has 0 saturated heterocycles. The molecule has 2 aliphatic rings. The molecular formula is C11H12O4. The van der Waals surface area contributed by atoms with Crippen molar-refractivity contribution in [3.63, 3.8) is 0 Å². The van der Waals surface area contributed by atoms with Crippen LogP contribution in [0.3, 0.4) is 0 Å². The summed E-state index contributed by atoms with van der Waals surface area (Å²) in [5.74, 6) is -0.615. The second kappa shape index (κ2) is 3.12. The van der Waals surface area contributed by atoms with Gasteiger partial charge in [-0.3, -0.25) is 9.59 Å². The van der Waals surface area contributed by atoms with Crippen molar-refractivity contribution in [3.05, 3.63) is 23.3 Å². The molecule has 0 aromatic rings. The topological polar surface area (TPSA) is 74.6 Å². The fraction of sp³-hybridized carbons (Fsp3) is 0.455. The van der Waals surface area contributed by atoms with Crippen molar-refractivity contribution in [3.8, 4) is 0 Å². The van der Waals surface area contributed by atoms with Gasteiger partial charge >= 0.3 is 0 Å². The third-order valence-electron chi connectivity index (χ3n) is 2.80. The Morgan fingerprint density at radius 2 is 1.93 bits per heavy atom. The van der Waals surface area contributed by atoms with Gasteiger partial charge in [-0.05, 0) is 19.1 Å². The van der Waals surface area contributed by atoms with E-state index in [1.807, 2.05) is 0 Å². The summed E-state index contributed by atoms with van der Waals surface area (Å²) >= 11 is 0. The third-order valence-corrected chi connectivity index (χ3v) is 2.80. The molecule has 0 heterocycles. The molecular weight excluding hydrogens is 196 g/mol. The van der Waals surface area contributed by atoms with E-state index in [0.29, 0.717) is 0 Å². The normalized spacial score (nSPS) is 35.8. The van der Waals surface area contributed by atoms with Crippen molar-refractivity contribution in [2.24, 2.45) is 0 Å². The maximum Gasteiger partial charge on any atom is 0.184 e. The van der Waals surface area contributed by atoms with Crippen LogP contribution in [0.4, 0.5) is 0 Å². The van der Waals surface area contributed by atoms with Crippen LogP contribution >= 0.6 is 0 Å². The van der Waals surface area contributed by atoms with Crippen LogP contribution in [0.2, 0.25) is 0 Å². The van der Waals surface area contributed by atoms with Crippen LogP contribution in [-0.2, 0) is 9.59 Å². The molecule has 4 heteroatoms. The summed E-state index contributed by atoms with van der Waals surface area (Å²) < 4.78 is 0. The molecule has 0 aliphatic heterocycles. The smallest absolute Gasteiger partial charge is 0.184 e. The Balaban J connectivity index is 2.48. The zero-order chi connectivity index (χ0) is 11.2. The lowest BCUT2D eigenvalue weighted by Gasteiger charge is -2.34. The van der Waals surface area contributed by atoms with Gasteiger partial charge in [0, 0.05) is 24.0 Å². The van der Waals surface area contributed by atoms with Gasteiger partial charge in [0.1, 0.15) is 0 Å². The summed E-state index contributed by atoms with van der Waals surface area (Å²) in [4.78, 5) is 22.9. The third kappa shape index (κ3) is 1.66. The molecule has 2 atom stereocenters. The van der Waals surface area contributed by atoms with Crippen molar-refractivity contribution in [2.75, 3.05) is 0 Å². The van der Waals surface area contributed by atoms with Crippen LogP contribution in [-0.4, -0.2) is 33.5 Å². The fourth-order valence-corrected chi connectivity index (χ4v) is 2.14. The lowest BCUT2D eigenvalue weighted by atomic mass is 9.75. The highest BCUT2D eigenvalue weighted by atomic mass is 16.3. The number of ketones is 2. The molecule has 0 unspecified atom stereocenters. The van der Waals surface area contributed by atoms with Crippen molar-refractivity contribution < 1.29 is 19.8 Å². The van der Waals surface area contributed by atoms with E-state index < -0.39 is 11.7 Å². The Labute approximate surface area is 86.9 Å². The van der Waals surface area contributed by atoms with E-state index in [4.69, 9.17) is 0 Å². The number of rotatable bonds is 0. The van der Waals surface area contributed by atoms with E-state index >= 15 is 0 Å². The van der Waals surface area contributed by atoms with Gasteiger partial charge < -0.3 is 10.2 Å². The van der Waals surface area contributed by atoms with Crippen LogP contribution in [0.1, 0.15) is 19.8 Å². The lowest BCUT2D eigenvalue weighted by Crippen LogP contribution is -2.40. The van der Waals surface area contributed by atoms with Crippen molar-refractivity contribution in [2.45, 2.75) is 31.5 Å². The SMILES string of the molecule is C[C@@]1(O)CC2=C(C(=O)C=CC2=O)[C@@H](O)C1. The van der Waals surface area contributed by atoms with E-state index in [-0.39, 0.29) is 35.6 Å². The highest BCUT2D eigenvalue weighted by Crippen LogP contribution is 2.35. The second-order valence-electron chi connectivity index (χ2n) is 4.35. The van der Waals surface area contributed by atoms with E-state index in [9.17, 15) is 19.8 Å². The molecule has 2 rings (SSSR count). The zero-order valence-electron chi connectivity index (χ0n) is 8.36. The van der Waals surface area contributed by atoms with Gasteiger partial charge in [-0.25, -0.2) is 0 Å². The van der Waals surface area contributed by atoms with Crippen molar-refractivity contribution in [1.29, 1.82) is 0 Å². The van der Waals surface area contributed by atoms with Crippen LogP contribution < -0.4 is 0 Å².